The highest BCUT2D eigenvalue weighted by Gasteiger charge is 2.21. The summed E-state index contributed by atoms with van der Waals surface area (Å²) in [5, 5.41) is 0. The third kappa shape index (κ3) is 2.99. The average Bonchev–Trinajstić information content (AvgIpc) is 2.39. The molecule has 1 aliphatic carbocycles. The Kier molecular flexibility index (Phi) is 4.03. The predicted octanol–water partition coefficient (Wildman–Crippen LogP) is 3.83. The van der Waals surface area contributed by atoms with Crippen molar-refractivity contribution < 1.29 is 0 Å². The summed E-state index contributed by atoms with van der Waals surface area (Å²) >= 11 is 0. The van der Waals surface area contributed by atoms with Crippen LogP contribution in [0.2, 0.25) is 0 Å². The van der Waals surface area contributed by atoms with Crippen molar-refractivity contribution in [1.82, 2.24) is 4.98 Å². The molecule has 0 amide bonds. The minimum Gasteiger partial charge on any atom is -0.363 e. The maximum absolute atomic E-state index is 4.52. The molecule has 1 aromatic rings. The van der Waals surface area contributed by atoms with Gasteiger partial charge in [-0.3, -0.25) is 0 Å². The summed E-state index contributed by atoms with van der Waals surface area (Å²) in [6, 6.07) is 4.40. The van der Waals surface area contributed by atoms with Crippen LogP contribution in [0.1, 0.15) is 50.5 Å². The van der Waals surface area contributed by atoms with Crippen molar-refractivity contribution in [2.24, 2.45) is 5.92 Å². The minimum absolute atomic E-state index is 0.751. The maximum atomic E-state index is 4.52. The first kappa shape index (κ1) is 12.4. The van der Waals surface area contributed by atoms with Crippen LogP contribution >= 0.6 is 0 Å². The van der Waals surface area contributed by atoms with Gasteiger partial charge in [-0.05, 0) is 49.1 Å². The second-order valence-corrected chi connectivity index (χ2v) is 5.47. The van der Waals surface area contributed by atoms with Crippen LogP contribution in [-0.2, 0) is 0 Å². The predicted molar refractivity (Wildman–Crippen MR) is 73.6 cm³/mol. The molecule has 2 nitrogen and oxygen atoms in total. The van der Waals surface area contributed by atoms with Crippen molar-refractivity contribution in [3.8, 4) is 0 Å². The average molecular weight is 232 g/mol. The molecule has 94 valence electrons. The topological polar surface area (TPSA) is 16.1 Å². The Bertz CT molecular complexity index is 334. The van der Waals surface area contributed by atoms with Gasteiger partial charge in [0.15, 0.2) is 0 Å². The van der Waals surface area contributed by atoms with Gasteiger partial charge in [-0.15, -0.1) is 0 Å². The molecular weight excluding hydrogens is 208 g/mol. The van der Waals surface area contributed by atoms with Crippen LogP contribution in [0.25, 0.3) is 0 Å². The van der Waals surface area contributed by atoms with E-state index in [2.05, 4.69) is 35.1 Å². The minimum atomic E-state index is 0.751. The highest BCUT2D eigenvalue weighted by Crippen LogP contribution is 2.36. The SMILES string of the molecule is CCC1CCC(c2ccc(N(C)C)nc2)CC1. The van der Waals surface area contributed by atoms with Crippen LogP contribution < -0.4 is 4.90 Å². The number of anilines is 1. The van der Waals surface area contributed by atoms with E-state index in [0.29, 0.717) is 0 Å². The molecule has 0 atom stereocenters. The lowest BCUT2D eigenvalue weighted by Gasteiger charge is -2.28. The molecule has 0 saturated heterocycles. The van der Waals surface area contributed by atoms with Gasteiger partial charge in [-0.25, -0.2) is 4.98 Å². The number of hydrogen-bond acceptors (Lipinski definition) is 2. The summed E-state index contributed by atoms with van der Waals surface area (Å²) in [6.07, 6.45) is 8.92. The molecule has 1 aliphatic rings. The molecule has 0 radical (unpaired) electrons. The molecule has 2 rings (SSSR count). The van der Waals surface area contributed by atoms with E-state index in [1.165, 1.54) is 37.7 Å². The molecule has 1 aromatic heterocycles. The first-order valence-electron chi connectivity index (χ1n) is 6.84. The van der Waals surface area contributed by atoms with E-state index in [4.69, 9.17) is 0 Å². The Balaban J connectivity index is 1.99. The summed E-state index contributed by atoms with van der Waals surface area (Å²) in [7, 11) is 4.07. The van der Waals surface area contributed by atoms with E-state index in [1.54, 1.807) is 0 Å². The Morgan fingerprint density at radius 2 is 1.88 bits per heavy atom. The summed E-state index contributed by atoms with van der Waals surface area (Å²) in [5.41, 5.74) is 1.44. The number of hydrogen-bond donors (Lipinski definition) is 0. The zero-order valence-electron chi connectivity index (χ0n) is 11.3. The highest BCUT2D eigenvalue weighted by molar-refractivity contribution is 5.37. The van der Waals surface area contributed by atoms with Crippen LogP contribution in [0.4, 0.5) is 5.82 Å². The second kappa shape index (κ2) is 5.52. The lowest BCUT2D eigenvalue weighted by molar-refractivity contribution is 0.318. The standard InChI is InChI=1S/C15H24N2/c1-4-12-5-7-13(8-6-12)14-9-10-15(16-11-14)17(2)3/h9-13H,4-8H2,1-3H3. The maximum Gasteiger partial charge on any atom is 0.127 e. The van der Waals surface area contributed by atoms with Crippen molar-refractivity contribution in [3.63, 3.8) is 0 Å². The lowest BCUT2D eigenvalue weighted by Crippen LogP contribution is -2.14. The van der Waals surface area contributed by atoms with Gasteiger partial charge < -0.3 is 4.90 Å². The van der Waals surface area contributed by atoms with E-state index < -0.39 is 0 Å². The molecule has 1 heterocycles. The monoisotopic (exact) mass is 232 g/mol. The Labute approximate surface area is 105 Å². The van der Waals surface area contributed by atoms with Gasteiger partial charge in [0.1, 0.15) is 5.82 Å². The molecule has 17 heavy (non-hydrogen) atoms. The number of nitrogens with zero attached hydrogens (tertiary/aromatic N) is 2. The van der Waals surface area contributed by atoms with Gasteiger partial charge in [0, 0.05) is 20.3 Å². The van der Waals surface area contributed by atoms with Crippen LogP contribution in [0.5, 0.6) is 0 Å². The van der Waals surface area contributed by atoms with Gasteiger partial charge in [-0.1, -0.05) is 19.4 Å². The van der Waals surface area contributed by atoms with Crippen molar-refractivity contribution in [1.29, 1.82) is 0 Å². The molecule has 2 heteroatoms. The molecule has 1 saturated carbocycles. The smallest absolute Gasteiger partial charge is 0.127 e. The number of rotatable bonds is 3. The fraction of sp³-hybridized carbons (Fsp3) is 0.667. The van der Waals surface area contributed by atoms with E-state index in [-0.39, 0.29) is 0 Å². The van der Waals surface area contributed by atoms with Gasteiger partial charge in [0.25, 0.3) is 0 Å². The second-order valence-electron chi connectivity index (χ2n) is 5.47. The summed E-state index contributed by atoms with van der Waals surface area (Å²) < 4.78 is 0. The van der Waals surface area contributed by atoms with Crippen LogP contribution in [0, 0.1) is 5.92 Å². The van der Waals surface area contributed by atoms with Gasteiger partial charge in [-0.2, -0.15) is 0 Å². The summed E-state index contributed by atoms with van der Waals surface area (Å²) in [5.74, 6) is 2.78. The zero-order chi connectivity index (χ0) is 12.3. The van der Waals surface area contributed by atoms with E-state index in [0.717, 1.165) is 17.7 Å². The lowest BCUT2D eigenvalue weighted by atomic mass is 9.78. The number of pyridine rings is 1. The van der Waals surface area contributed by atoms with Crippen molar-refractivity contribution >= 4 is 5.82 Å². The third-order valence-electron chi connectivity index (χ3n) is 4.12. The van der Waals surface area contributed by atoms with Crippen LogP contribution in [-0.4, -0.2) is 19.1 Å². The zero-order valence-corrected chi connectivity index (χ0v) is 11.3. The molecule has 1 fully saturated rings. The first-order valence-corrected chi connectivity index (χ1v) is 6.84. The highest BCUT2D eigenvalue weighted by atomic mass is 15.1. The Morgan fingerprint density at radius 1 is 1.18 bits per heavy atom. The van der Waals surface area contributed by atoms with Crippen LogP contribution in [0.3, 0.4) is 0 Å². The molecule has 0 N–H and O–H groups in total. The van der Waals surface area contributed by atoms with Gasteiger partial charge >= 0.3 is 0 Å². The molecule has 0 unspecified atom stereocenters. The molecule has 0 bridgehead atoms. The summed E-state index contributed by atoms with van der Waals surface area (Å²) in [4.78, 5) is 6.57. The third-order valence-corrected chi connectivity index (χ3v) is 4.12. The van der Waals surface area contributed by atoms with E-state index >= 15 is 0 Å². The molecule has 0 aromatic carbocycles. The number of aromatic nitrogens is 1. The Hall–Kier alpha value is -1.05. The van der Waals surface area contributed by atoms with E-state index in [1.807, 2.05) is 14.1 Å². The van der Waals surface area contributed by atoms with Gasteiger partial charge in [0.2, 0.25) is 0 Å². The first-order chi connectivity index (χ1) is 8.20. The van der Waals surface area contributed by atoms with E-state index in [9.17, 15) is 0 Å². The quantitative estimate of drug-likeness (QED) is 0.787. The fourth-order valence-electron chi connectivity index (χ4n) is 2.81. The normalized spacial score (nSPS) is 24.6. The van der Waals surface area contributed by atoms with Crippen molar-refractivity contribution in [2.75, 3.05) is 19.0 Å². The molecular formula is C15H24N2. The largest absolute Gasteiger partial charge is 0.363 e. The molecule has 0 spiro atoms. The van der Waals surface area contributed by atoms with Crippen molar-refractivity contribution in [2.45, 2.75) is 44.9 Å². The van der Waals surface area contributed by atoms with Gasteiger partial charge in [0.05, 0.1) is 0 Å². The molecule has 0 aliphatic heterocycles. The van der Waals surface area contributed by atoms with Crippen LogP contribution in [0.15, 0.2) is 18.3 Å². The summed E-state index contributed by atoms with van der Waals surface area (Å²) in [6.45, 7) is 2.32. The Morgan fingerprint density at radius 3 is 2.35 bits per heavy atom. The fourth-order valence-corrected chi connectivity index (χ4v) is 2.81. The van der Waals surface area contributed by atoms with Crippen molar-refractivity contribution in [3.05, 3.63) is 23.9 Å².